The molecular formula is C18H24O2. The summed E-state index contributed by atoms with van der Waals surface area (Å²) in [5.74, 6) is 0.366. The molecule has 0 N–H and O–H groups in total. The fraction of sp³-hybridized carbons (Fsp3) is 0.444. The second-order valence-electron chi connectivity index (χ2n) is 6.18. The smallest absolute Gasteiger partial charge is 0.152 e. The third-order valence-electron chi connectivity index (χ3n) is 3.49. The second kappa shape index (κ2) is 6.65. The van der Waals surface area contributed by atoms with Gasteiger partial charge in [0.25, 0.3) is 0 Å². The minimum Gasteiger partial charge on any atom is -0.299 e. The van der Waals surface area contributed by atoms with E-state index in [0.717, 1.165) is 11.1 Å². The zero-order chi connectivity index (χ0) is 15.3. The first kappa shape index (κ1) is 16.4. The van der Waals surface area contributed by atoms with Crippen molar-refractivity contribution in [2.45, 2.75) is 47.5 Å². The van der Waals surface area contributed by atoms with E-state index in [1.165, 1.54) is 12.5 Å². The number of carbonyl (C=O) groups excluding carboxylic acids is 2. The molecular weight excluding hydrogens is 248 g/mol. The molecule has 1 aliphatic carbocycles. The van der Waals surface area contributed by atoms with Crippen molar-refractivity contribution < 1.29 is 9.59 Å². The van der Waals surface area contributed by atoms with Crippen LogP contribution in [0.4, 0.5) is 0 Å². The summed E-state index contributed by atoms with van der Waals surface area (Å²) in [5, 5.41) is 0. The van der Waals surface area contributed by atoms with E-state index in [0.29, 0.717) is 18.6 Å². The Morgan fingerprint density at radius 3 is 2.40 bits per heavy atom. The van der Waals surface area contributed by atoms with Crippen molar-refractivity contribution in [1.82, 2.24) is 0 Å². The summed E-state index contributed by atoms with van der Waals surface area (Å²) >= 11 is 0. The Morgan fingerprint density at radius 2 is 1.85 bits per heavy atom. The summed E-state index contributed by atoms with van der Waals surface area (Å²) in [6.07, 6.45) is 10.5. The lowest BCUT2D eigenvalue weighted by molar-refractivity contribution is -0.120. The SMILES string of the molecule is CC(=O)/C=C/C=C(C)/C=C/C1=C(C)CC(=O)CC1(C)C. The molecule has 0 unspecified atom stereocenters. The molecule has 108 valence electrons. The number of hydrogen-bond donors (Lipinski definition) is 0. The Bertz CT molecular complexity index is 526. The fourth-order valence-corrected chi connectivity index (χ4v) is 2.59. The highest BCUT2D eigenvalue weighted by Gasteiger charge is 2.30. The number of rotatable bonds is 4. The number of ketones is 2. The van der Waals surface area contributed by atoms with Gasteiger partial charge in [-0.25, -0.2) is 0 Å². The molecule has 0 aliphatic heterocycles. The average molecular weight is 272 g/mol. The minimum atomic E-state index is -0.0918. The van der Waals surface area contributed by atoms with Crippen LogP contribution in [-0.2, 0) is 9.59 Å². The van der Waals surface area contributed by atoms with Gasteiger partial charge < -0.3 is 0 Å². The molecule has 0 saturated carbocycles. The molecule has 0 bridgehead atoms. The summed E-state index contributed by atoms with van der Waals surface area (Å²) in [6.45, 7) is 9.79. The van der Waals surface area contributed by atoms with Crippen molar-refractivity contribution in [3.63, 3.8) is 0 Å². The maximum Gasteiger partial charge on any atom is 0.152 e. The zero-order valence-corrected chi connectivity index (χ0v) is 13.1. The maximum atomic E-state index is 11.7. The van der Waals surface area contributed by atoms with E-state index in [2.05, 4.69) is 19.9 Å². The molecule has 0 radical (unpaired) electrons. The fourth-order valence-electron chi connectivity index (χ4n) is 2.59. The molecule has 2 heteroatoms. The van der Waals surface area contributed by atoms with E-state index >= 15 is 0 Å². The normalized spacial score (nSPS) is 20.2. The Morgan fingerprint density at radius 1 is 1.20 bits per heavy atom. The Kier molecular flexibility index (Phi) is 5.43. The van der Waals surface area contributed by atoms with Crippen LogP contribution in [0.3, 0.4) is 0 Å². The van der Waals surface area contributed by atoms with Crippen LogP contribution in [-0.4, -0.2) is 11.6 Å². The van der Waals surface area contributed by atoms with Gasteiger partial charge in [-0.2, -0.15) is 0 Å². The van der Waals surface area contributed by atoms with Gasteiger partial charge in [0.05, 0.1) is 0 Å². The maximum absolute atomic E-state index is 11.7. The van der Waals surface area contributed by atoms with Crippen LogP contribution in [0.1, 0.15) is 47.5 Å². The summed E-state index contributed by atoms with van der Waals surface area (Å²) < 4.78 is 0. The number of hydrogen-bond acceptors (Lipinski definition) is 2. The van der Waals surface area contributed by atoms with Crippen LogP contribution in [0.15, 0.2) is 47.1 Å². The molecule has 1 rings (SSSR count). The Hall–Kier alpha value is -1.70. The van der Waals surface area contributed by atoms with Gasteiger partial charge in [0.1, 0.15) is 5.78 Å². The average Bonchev–Trinajstić information content (AvgIpc) is 2.25. The number of Topliss-reactive ketones (excluding diaryl/α,β-unsaturated/α-hetero) is 1. The van der Waals surface area contributed by atoms with Crippen molar-refractivity contribution in [2.75, 3.05) is 0 Å². The predicted molar refractivity (Wildman–Crippen MR) is 83.4 cm³/mol. The molecule has 0 aromatic carbocycles. The van der Waals surface area contributed by atoms with Gasteiger partial charge in [-0.3, -0.25) is 9.59 Å². The third-order valence-corrected chi connectivity index (χ3v) is 3.49. The Labute approximate surface area is 122 Å². The van der Waals surface area contributed by atoms with Crippen molar-refractivity contribution >= 4 is 11.6 Å². The molecule has 0 aromatic heterocycles. The van der Waals surface area contributed by atoms with E-state index in [9.17, 15) is 9.59 Å². The van der Waals surface area contributed by atoms with E-state index in [1.54, 1.807) is 12.2 Å². The van der Waals surface area contributed by atoms with Crippen LogP contribution in [0.25, 0.3) is 0 Å². The second-order valence-corrected chi connectivity index (χ2v) is 6.18. The summed E-state index contributed by atoms with van der Waals surface area (Å²) in [4.78, 5) is 22.5. The molecule has 0 aromatic rings. The quantitative estimate of drug-likeness (QED) is 0.563. The van der Waals surface area contributed by atoms with Crippen molar-refractivity contribution in [3.05, 3.63) is 47.1 Å². The summed E-state index contributed by atoms with van der Waals surface area (Å²) in [7, 11) is 0. The van der Waals surface area contributed by atoms with Gasteiger partial charge in [-0.1, -0.05) is 49.3 Å². The molecule has 0 fully saturated rings. The van der Waals surface area contributed by atoms with Crippen LogP contribution in [0, 0.1) is 5.41 Å². The predicted octanol–water partition coefficient (Wildman–Crippen LogP) is 4.34. The minimum absolute atomic E-state index is 0.0449. The van der Waals surface area contributed by atoms with Gasteiger partial charge >= 0.3 is 0 Å². The first-order chi connectivity index (χ1) is 9.22. The van der Waals surface area contributed by atoms with Gasteiger partial charge in [0.2, 0.25) is 0 Å². The van der Waals surface area contributed by atoms with Gasteiger partial charge in [0.15, 0.2) is 5.78 Å². The van der Waals surface area contributed by atoms with Crippen LogP contribution < -0.4 is 0 Å². The van der Waals surface area contributed by atoms with E-state index < -0.39 is 0 Å². The molecule has 0 saturated heterocycles. The van der Waals surface area contributed by atoms with Crippen molar-refractivity contribution in [1.29, 1.82) is 0 Å². The van der Waals surface area contributed by atoms with Crippen molar-refractivity contribution in [3.8, 4) is 0 Å². The van der Waals surface area contributed by atoms with Gasteiger partial charge in [-0.15, -0.1) is 0 Å². The molecule has 0 atom stereocenters. The van der Waals surface area contributed by atoms with Crippen molar-refractivity contribution in [2.24, 2.45) is 5.41 Å². The van der Waals surface area contributed by atoms with Crippen LogP contribution >= 0.6 is 0 Å². The number of allylic oxidation sites excluding steroid dienone is 8. The van der Waals surface area contributed by atoms with Gasteiger partial charge in [0, 0.05) is 12.8 Å². The molecule has 0 heterocycles. The van der Waals surface area contributed by atoms with Crippen LogP contribution in [0.5, 0.6) is 0 Å². The lowest BCUT2D eigenvalue weighted by atomic mass is 9.72. The van der Waals surface area contributed by atoms with E-state index in [-0.39, 0.29) is 11.2 Å². The molecule has 20 heavy (non-hydrogen) atoms. The largest absolute Gasteiger partial charge is 0.299 e. The van der Waals surface area contributed by atoms with Gasteiger partial charge in [-0.05, 0) is 37.8 Å². The molecule has 2 nitrogen and oxygen atoms in total. The highest BCUT2D eigenvalue weighted by molar-refractivity contribution is 5.87. The standard InChI is InChI=1S/C18H24O2/c1-13(7-6-8-15(3)19)9-10-17-14(2)11-16(20)12-18(17,4)5/h6-10H,11-12H2,1-5H3/b8-6+,10-9+,13-7+. The number of carbonyl (C=O) groups is 2. The molecule has 0 spiro atoms. The lowest BCUT2D eigenvalue weighted by Crippen LogP contribution is -2.25. The first-order valence-corrected chi connectivity index (χ1v) is 6.98. The summed E-state index contributed by atoms with van der Waals surface area (Å²) in [6, 6.07) is 0. The highest BCUT2D eigenvalue weighted by atomic mass is 16.1. The van der Waals surface area contributed by atoms with Crippen LogP contribution in [0.2, 0.25) is 0 Å². The third kappa shape index (κ3) is 4.76. The first-order valence-electron chi connectivity index (χ1n) is 6.98. The lowest BCUT2D eigenvalue weighted by Gasteiger charge is -2.32. The zero-order valence-electron chi connectivity index (χ0n) is 13.1. The molecule has 1 aliphatic rings. The Balaban J connectivity index is 2.91. The van der Waals surface area contributed by atoms with E-state index in [1.807, 2.05) is 26.0 Å². The summed E-state index contributed by atoms with van der Waals surface area (Å²) in [5.41, 5.74) is 3.40. The molecule has 0 amide bonds. The monoisotopic (exact) mass is 272 g/mol. The van der Waals surface area contributed by atoms with E-state index in [4.69, 9.17) is 0 Å². The topological polar surface area (TPSA) is 34.1 Å². The highest BCUT2D eigenvalue weighted by Crippen LogP contribution is 2.39.